The smallest absolute Gasteiger partial charge is 0.248 e. The maximum Gasteiger partial charge on any atom is 0.248 e. The third-order valence-electron chi connectivity index (χ3n) is 3.04. The summed E-state index contributed by atoms with van der Waals surface area (Å²) in [4.78, 5) is 13.2. The van der Waals surface area contributed by atoms with Gasteiger partial charge in [-0.05, 0) is 24.1 Å². The van der Waals surface area contributed by atoms with Crippen LogP contribution < -0.4 is 11.5 Å². The summed E-state index contributed by atoms with van der Waals surface area (Å²) in [6, 6.07) is 5.44. The van der Waals surface area contributed by atoms with Crippen molar-refractivity contribution in [3.8, 4) is 0 Å². The Morgan fingerprint density at radius 3 is 2.82 bits per heavy atom. The lowest BCUT2D eigenvalue weighted by molar-refractivity contribution is 0.100. The van der Waals surface area contributed by atoms with Crippen LogP contribution in [0.4, 0.5) is 0 Å². The minimum absolute atomic E-state index is 0.263. The minimum Gasteiger partial charge on any atom is -0.366 e. The van der Waals surface area contributed by atoms with E-state index in [1.54, 1.807) is 12.1 Å². The predicted octanol–water partition coefficient (Wildman–Crippen LogP) is 0.972. The maximum atomic E-state index is 11.0. The molecule has 1 fully saturated rings. The van der Waals surface area contributed by atoms with Crippen LogP contribution in [0.25, 0.3) is 0 Å². The molecule has 0 aromatic heterocycles. The molecule has 1 saturated heterocycles. The van der Waals surface area contributed by atoms with E-state index in [9.17, 15) is 4.79 Å². The zero-order valence-electron chi connectivity index (χ0n) is 9.53. The fourth-order valence-corrected chi connectivity index (χ4v) is 2.32. The van der Waals surface area contributed by atoms with Gasteiger partial charge >= 0.3 is 0 Å². The van der Waals surface area contributed by atoms with E-state index in [2.05, 4.69) is 4.90 Å². The van der Waals surface area contributed by atoms with E-state index < -0.39 is 5.91 Å². The molecule has 0 aliphatic carbocycles. The van der Waals surface area contributed by atoms with Crippen molar-refractivity contribution >= 4 is 17.5 Å². The van der Waals surface area contributed by atoms with Gasteiger partial charge in [0.2, 0.25) is 5.91 Å². The number of likely N-dealkylation sites (tertiary alicyclic amines) is 1. The lowest BCUT2D eigenvalue weighted by Gasteiger charge is -2.16. The maximum absolute atomic E-state index is 11.0. The highest BCUT2D eigenvalue weighted by Gasteiger charge is 2.19. The Bertz CT molecular complexity index is 436. The van der Waals surface area contributed by atoms with Crippen LogP contribution in [0.2, 0.25) is 5.02 Å². The van der Waals surface area contributed by atoms with Gasteiger partial charge in [0.1, 0.15) is 0 Å². The summed E-state index contributed by atoms with van der Waals surface area (Å²) in [5.41, 5.74) is 12.5. The van der Waals surface area contributed by atoms with Crippen LogP contribution in [0.5, 0.6) is 0 Å². The van der Waals surface area contributed by atoms with Gasteiger partial charge in [-0.1, -0.05) is 17.7 Å². The molecule has 0 radical (unpaired) electrons. The van der Waals surface area contributed by atoms with Crippen LogP contribution >= 0.6 is 11.6 Å². The number of amides is 1. The summed E-state index contributed by atoms with van der Waals surface area (Å²) in [6.45, 7) is 2.66. The van der Waals surface area contributed by atoms with E-state index in [0.717, 1.165) is 31.6 Å². The zero-order chi connectivity index (χ0) is 12.4. The highest BCUT2D eigenvalue weighted by Crippen LogP contribution is 2.21. The van der Waals surface area contributed by atoms with Crippen molar-refractivity contribution in [2.24, 2.45) is 11.5 Å². The molecular weight excluding hydrogens is 238 g/mol. The first-order valence-electron chi connectivity index (χ1n) is 5.62. The molecule has 0 unspecified atom stereocenters. The molecular formula is C12H16ClN3O. The Balaban J connectivity index is 2.09. The normalized spacial score (nSPS) is 20.7. The molecule has 5 heteroatoms. The monoisotopic (exact) mass is 253 g/mol. The number of halogens is 1. The standard InChI is InChI=1S/C12H16ClN3O/c13-11-5-8(12(15)17)1-2-9(11)6-16-4-3-10(14)7-16/h1-2,5,10H,3-4,6-7,14H2,(H2,15,17)/t10-/m1/s1. The first-order valence-corrected chi connectivity index (χ1v) is 6.00. The predicted molar refractivity (Wildman–Crippen MR) is 67.8 cm³/mol. The minimum atomic E-state index is -0.457. The van der Waals surface area contributed by atoms with Gasteiger partial charge in [-0.3, -0.25) is 9.69 Å². The fourth-order valence-electron chi connectivity index (χ4n) is 2.08. The lowest BCUT2D eigenvalue weighted by Crippen LogP contribution is -2.26. The zero-order valence-corrected chi connectivity index (χ0v) is 10.3. The number of nitrogens with two attached hydrogens (primary N) is 2. The molecule has 0 spiro atoms. The third kappa shape index (κ3) is 2.97. The van der Waals surface area contributed by atoms with Crippen molar-refractivity contribution in [1.82, 2.24) is 4.90 Å². The topological polar surface area (TPSA) is 72.4 Å². The highest BCUT2D eigenvalue weighted by atomic mass is 35.5. The average Bonchev–Trinajstić information content (AvgIpc) is 2.67. The van der Waals surface area contributed by atoms with Crippen molar-refractivity contribution in [2.45, 2.75) is 19.0 Å². The molecule has 1 aromatic rings. The van der Waals surface area contributed by atoms with Crippen molar-refractivity contribution < 1.29 is 4.79 Å². The summed E-state index contributed by atoms with van der Waals surface area (Å²) in [6.07, 6.45) is 1.02. The van der Waals surface area contributed by atoms with Crippen LogP contribution in [-0.2, 0) is 6.54 Å². The van der Waals surface area contributed by atoms with E-state index in [0.29, 0.717) is 10.6 Å². The molecule has 4 nitrogen and oxygen atoms in total. The number of nitrogens with zero attached hydrogens (tertiary/aromatic N) is 1. The molecule has 1 aliphatic heterocycles. The van der Waals surface area contributed by atoms with Gasteiger partial charge in [-0.25, -0.2) is 0 Å². The van der Waals surface area contributed by atoms with Gasteiger partial charge in [0, 0.05) is 36.3 Å². The van der Waals surface area contributed by atoms with Crippen LogP contribution in [0.1, 0.15) is 22.3 Å². The van der Waals surface area contributed by atoms with E-state index in [1.165, 1.54) is 0 Å². The Labute approximate surface area is 106 Å². The van der Waals surface area contributed by atoms with Gasteiger partial charge in [-0.2, -0.15) is 0 Å². The Kier molecular flexibility index (Phi) is 3.66. The van der Waals surface area contributed by atoms with E-state index in [-0.39, 0.29) is 6.04 Å². The first kappa shape index (κ1) is 12.4. The summed E-state index contributed by atoms with van der Waals surface area (Å²) in [5.74, 6) is -0.457. The number of carbonyl (C=O) groups excluding carboxylic acids is 1. The third-order valence-corrected chi connectivity index (χ3v) is 3.39. The largest absolute Gasteiger partial charge is 0.366 e. The van der Waals surface area contributed by atoms with Crippen molar-refractivity contribution in [3.63, 3.8) is 0 Å². The SMILES string of the molecule is NC(=O)c1ccc(CN2CC[C@@H](N)C2)c(Cl)c1. The Morgan fingerprint density at radius 2 is 2.29 bits per heavy atom. The number of hydrogen-bond acceptors (Lipinski definition) is 3. The van der Waals surface area contributed by atoms with Crippen LogP contribution in [0.3, 0.4) is 0 Å². The fraction of sp³-hybridized carbons (Fsp3) is 0.417. The molecule has 1 aliphatic rings. The first-order chi connectivity index (χ1) is 8.06. The quantitative estimate of drug-likeness (QED) is 0.843. The Hall–Kier alpha value is -1.10. The molecule has 2 rings (SSSR count). The molecule has 1 amide bonds. The van der Waals surface area contributed by atoms with Crippen molar-refractivity contribution in [3.05, 3.63) is 34.3 Å². The van der Waals surface area contributed by atoms with Crippen molar-refractivity contribution in [2.75, 3.05) is 13.1 Å². The van der Waals surface area contributed by atoms with Crippen LogP contribution in [0.15, 0.2) is 18.2 Å². The summed E-state index contributed by atoms with van der Waals surface area (Å²) in [5, 5.41) is 0.585. The molecule has 4 N–H and O–H groups in total. The van der Waals surface area contributed by atoms with Gasteiger partial charge in [0.05, 0.1) is 0 Å². The second kappa shape index (κ2) is 5.04. The number of hydrogen-bond donors (Lipinski definition) is 2. The number of benzene rings is 1. The van der Waals surface area contributed by atoms with Crippen LogP contribution in [0, 0.1) is 0 Å². The molecule has 17 heavy (non-hydrogen) atoms. The van der Waals surface area contributed by atoms with Crippen LogP contribution in [-0.4, -0.2) is 29.9 Å². The molecule has 1 heterocycles. The van der Waals surface area contributed by atoms with Gasteiger partial charge in [0.25, 0.3) is 0 Å². The average molecular weight is 254 g/mol. The number of rotatable bonds is 3. The highest BCUT2D eigenvalue weighted by molar-refractivity contribution is 6.31. The van der Waals surface area contributed by atoms with Crippen molar-refractivity contribution in [1.29, 1.82) is 0 Å². The molecule has 0 bridgehead atoms. The van der Waals surface area contributed by atoms with E-state index in [1.807, 2.05) is 6.07 Å². The number of carbonyl (C=O) groups is 1. The molecule has 0 saturated carbocycles. The second-order valence-corrected chi connectivity index (χ2v) is 4.86. The lowest BCUT2D eigenvalue weighted by atomic mass is 10.1. The molecule has 92 valence electrons. The van der Waals surface area contributed by atoms with Gasteiger partial charge in [0.15, 0.2) is 0 Å². The number of primary amides is 1. The van der Waals surface area contributed by atoms with E-state index >= 15 is 0 Å². The summed E-state index contributed by atoms with van der Waals surface area (Å²) in [7, 11) is 0. The summed E-state index contributed by atoms with van der Waals surface area (Å²) >= 11 is 6.12. The summed E-state index contributed by atoms with van der Waals surface area (Å²) < 4.78 is 0. The molecule has 1 aromatic carbocycles. The van der Waals surface area contributed by atoms with Gasteiger partial charge in [-0.15, -0.1) is 0 Å². The van der Waals surface area contributed by atoms with Gasteiger partial charge < -0.3 is 11.5 Å². The van der Waals surface area contributed by atoms with E-state index in [4.69, 9.17) is 23.1 Å². The molecule has 1 atom stereocenters. The second-order valence-electron chi connectivity index (χ2n) is 4.45. The Morgan fingerprint density at radius 1 is 1.53 bits per heavy atom.